The van der Waals surface area contributed by atoms with Crippen molar-refractivity contribution in [3.63, 3.8) is 0 Å². The van der Waals surface area contributed by atoms with Crippen LogP contribution in [0.5, 0.6) is 0 Å². The van der Waals surface area contributed by atoms with Crippen LogP contribution in [0.25, 0.3) is 0 Å². The van der Waals surface area contributed by atoms with Crippen LogP contribution in [-0.4, -0.2) is 17.0 Å². The highest BCUT2D eigenvalue weighted by Crippen LogP contribution is 2.14. The van der Waals surface area contributed by atoms with Crippen LogP contribution < -0.4 is 0 Å². The van der Waals surface area contributed by atoms with Crippen molar-refractivity contribution in [1.82, 2.24) is 0 Å². The van der Waals surface area contributed by atoms with Crippen molar-refractivity contribution < 1.29 is 19.4 Å². The molecule has 2 rings (SSSR count). The van der Waals surface area contributed by atoms with Gasteiger partial charge in [-0.1, -0.05) is 42.0 Å². The van der Waals surface area contributed by atoms with E-state index in [4.69, 9.17) is 9.84 Å². The first-order chi connectivity index (χ1) is 9.58. The summed E-state index contributed by atoms with van der Waals surface area (Å²) in [7, 11) is 0. The number of carbonyl (C=O) groups excluding carboxylic acids is 1. The van der Waals surface area contributed by atoms with E-state index in [1.54, 1.807) is 13.0 Å². The molecule has 0 heterocycles. The summed E-state index contributed by atoms with van der Waals surface area (Å²) in [5, 5.41) is 9.12. The van der Waals surface area contributed by atoms with Crippen molar-refractivity contribution in [3.05, 3.63) is 70.8 Å². The third kappa shape index (κ3) is 3.23. The SMILES string of the molecule is Cc1ccc(C(=O)OCc2ccccc2)c(C(=O)O)c1. The molecular weight excluding hydrogens is 256 g/mol. The summed E-state index contributed by atoms with van der Waals surface area (Å²) in [5.74, 6) is -1.77. The van der Waals surface area contributed by atoms with Crippen molar-refractivity contribution >= 4 is 11.9 Å². The highest BCUT2D eigenvalue weighted by atomic mass is 16.5. The number of carbonyl (C=O) groups is 2. The number of esters is 1. The Hall–Kier alpha value is -2.62. The molecule has 2 aromatic rings. The van der Waals surface area contributed by atoms with E-state index in [1.807, 2.05) is 30.3 Å². The molecule has 2 aromatic carbocycles. The average Bonchev–Trinajstić information content (AvgIpc) is 2.45. The first kappa shape index (κ1) is 13.8. The van der Waals surface area contributed by atoms with E-state index in [9.17, 15) is 9.59 Å². The van der Waals surface area contributed by atoms with E-state index in [0.717, 1.165) is 11.1 Å². The van der Waals surface area contributed by atoms with Crippen molar-refractivity contribution in [1.29, 1.82) is 0 Å². The van der Waals surface area contributed by atoms with Crippen LogP contribution in [0.15, 0.2) is 48.5 Å². The third-order valence-electron chi connectivity index (χ3n) is 2.84. The Morgan fingerprint density at radius 1 is 1.05 bits per heavy atom. The number of hydrogen-bond donors (Lipinski definition) is 1. The van der Waals surface area contributed by atoms with E-state index in [-0.39, 0.29) is 17.7 Å². The largest absolute Gasteiger partial charge is 0.478 e. The van der Waals surface area contributed by atoms with Gasteiger partial charge in [-0.05, 0) is 24.6 Å². The Labute approximate surface area is 116 Å². The second-order valence-electron chi connectivity index (χ2n) is 4.42. The molecule has 0 aliphatic rings. The van der Waals surface area contributed by atoms with Gasteiger partial charge in [-0.2, -0.15) is 0 Å². The molecule has 1 N–H and O–H groups in total. The lowest BCUT2D eigenvalue weighted by Crippen LogP contribution is -2.12. The minimum absolute atomic E-state index is 0.0388. The van der Waals surface area contributed by atoms with Crippen LogP contribution in [0.3, 0.4) is 0 Å². The average molecular weight is 270 g/mol. The van der Waals surface area contributed by atoms with Crippen LogP contribution in [-0.2, 0) is 11.3 Å². The number of rotatable bonds is 4. The molecule has 0 aromatic heterocycles. The summed E-state index contributed by atoms with van der Waals surface area (Å²) < 4.78 is 5.14. The standard InChI is InChI=1S/C16H14O4/c1-11-7-8-13(14(9-11)15(17)18)16(19)20-10-12-5-3-2-4-6-12/h2-9H,10H2,1H3,(H,17,18). The Morgan fingerprint density at radius 2 is 1.75 bits per heavy atom. The first-order valence-corrected chi connectivity index (χ1v) is 6.13. The normalized spacial score (nSPS) is 10.1. The second-order valence-corrected chi connectivity index (χ2v) is 4.42. The van der Waals surface area contributed by atoms with Gasteiger partial charge in [0.2, 0.25) is 0 Å². The predicted octanol–water partition coefficient (Wildman–Crippen LogP) is 3.05. The number of benzene rings is 2. The molecule has 0 unspecified atom stereocenters. The first-order valence-electron chi connectivity index (χ1n) is 6.13. The minimum Gasteiger partial charge on any atom is -0.478 e. The maximum absolute atomic E-state index is 12.0. The summed E-state index contributed by atoms with van der Waals surface area (Å²) in [4.78, 5) is 23.1. The number of carboxylic acid groups (broad SMARTS) is 1. The quantitative estimate of drug-likeness (QED) is 0.867. The summed E-state index contributed by atoms with van der Waals surface area (Å²) in [6.45, 7) is 1.89. The van der Waals surface area contributed by atoms with Crippen LogP contribution >= 0.6 is 0 Å². The van der Waals surface area contributed by atoms with Crippen LogP contribution in [0.2, 0.25) is 0 Å². The van der Waals surface area contributed by atoms with E-state index in [2.05, 4.69) is 0 Å². The molecular formula is C16H14O4. The molecule has 0 spiro atoms. The predicted molar refractivity (Wildman–Crippen MR) is 73.7 cm³/mol. The summed E-state index contributed by atoms with van der Waals surface area (Å²) in [6, 6.07) is 13.9. The maximum atomic E-state index is 12.0. The molecule has 0 bridgehead atoms. The van der Waals surface area contributed by atoms with Gasteiger partial charge in [-0.25, -0.2) is 9.59 Å². The Kier molecular flexibility index (Phi) is 4.15. The topological polar surface area (TPSA) is 63.6 Å². The zero-order valence-corrected chi connectivity index (χ0v) is 11.0. The third-order valence-corrected chi connectivity index (χ3v) is 2.84. The lowest BCUT2D eigenvalue weighted by atomic mass is 10.0. The zero-order valence-electron chi connectivity index (χ0n) is 11.0. The summed E-state index contributed by atoms with van der Waals surface area (Å²) in [5.41, 5.74) is 1.66. The van der Waals surface area contributed by atoms with Gasteiger partial charge in [0.1, 0.15) is 6.61 Å². The molecule has 4 heteroatoms. The minimum atomic E-state index is -1.14. The molecule has 0 atom stereocenters. The molecule has 0 radical (unpaired) electrons. The number of ether oxygens (including phenoxy) is 1. The van der Waals surface area contributed by atoms with Gasteiger partial charge >= 0.3 is 11.9 Å². The van der Waals surface area contributed by atoms with Gasteiger partial charge in [0.25, 0.3) is 0 Å². The van der Waals surface area contributed by atoms with Gasteiger partial charge in [-0.15, -0.1) is 0 Å². The second kappa shape index (κ2) is 6.02. The monoisotopic (exact) mass is 270 g/mol. The van der Waals surface area contributed by atoms with E-state index < -0.39 is 11.9 Å². The number of carboxylic acids is 1. The highest BCUT2D eigenvalue weighted by molar-refractivity contribution is 6.02. The Balaban J connectivity index is 2.15. The maximum Gasteiger partial charge on any atom is 0.339 e. The van der Waals surface area contributed by atoms with Gasteiger partial charge in [0.05, 0.1) is 11.1 Å². The van der Waals surface area contributed by atoms with Crippen molar-refractivity contribution in [2.45, 2.75) is 13.5 Å². The number of aryl methyl sites for hydroxylation is 1. The van der Waals surface area contributed by atoms with Gasteiger partial charge in [0, 0.05) is 0 Å². The van der Waals surface area contributed by atoms with E-state index in [0.29, 0.717) is 0 Å². The summed E-state index contributed by atoms with van der Waals surface area (Å²) >= 11 is 0. The van der Waals surface area contributed by atoms with Crippen molar-refractivity contribution in [2.24, 2.45) is 0 Å². The zero-order chi connectivity index (χ0) is 14.5. The molecule has 0 amide bonds. The molecule has 4 nitrogen and oxygen atoms in total. The molecule has 0 saturated carbocycles. The lowest BCUT2D eigenvalue weighted by Gasteiger charge is -2.08. The smallest absolute Gasteiger partial charge is 0.339 e. The van der Waals surface area contributed by atoms with Crippen molar-refractivity contribution in [3.8, 4) is 0 Å². The fraction of sp³-hybridized carbons (Fsp3) is 0.125. The number of hydrogen-bond acceptors (Lipinski definition) is 3. The fourth-order valence-electron chi connectivity index (χ4n) is 1.81. The fourth-order valence-corrected chi connectivity index (χ4v) is 1.81. The van der Waals surface area contributed by atoms with Gasteiger partial charge in [0.15, 0.2) is 0 Å². The molecule has 0 saturated heterocycles. The van der Waals surface area contributed by atoms with Gasteiger partial charge < -0.3 is 9.84 Å². The van der Waals surface area contributed by atoms with Gasteiger partial charge in [-0.3, -0.25) is 0 Å². The van der Waals surface area contributed by atoms with E-state index in [1.165, 1.54) is 12.1 Å². The molecule has 20 heavy (non-hydrogen) atoms. The molecule has 0 aliphatic heterocycles. The van der Waals surface area contributed by atoms with Crippen LogP contribution in [0.4, 0.5) is 0 Å². The molecule has 102 valence electrons. The van der Waals surface area contributed by atoms with Crippen LogP contribution in [0, 0.1) is 6.92 Å². The molecule has 0 fully saturated rings. The van der Waals surface area contributed by atoms with Crippen molar-refractivity contribution in [2.75, 3.05) is 0 Å². The summed E-state index contributed by atoms with van der Waals surface area (Å²) in [6.07, 6.45) is 0. The Bertz CT molecular complexity index is 632. The number of aromatic carboxylic acids is 1. The van der Waals surface area contributed by atoms with Crippen LogP contribution in [0.1, 0.15) is 31.8 Å². The van der Waals surface area contributed by atoms with E-state index >= 15 is 0 Å². The highest BCUT2D eigenvalue weighted by Gasteiger charge is 2.17. The lowest BCUT2D eigenvalue weighted by molar-refractivity contribution is 0.0463. The molecule has 0 aliphatic carbocycles. The Morgan fingerprint density at radius 3 is 2.40 bits per heavy atom.